The summed E-state index contributed by atoms with van der Waals surface area (Å²) in [5.41, 5.74) is -0.734. The van der Waals surface area contributed by atoms with Gasteiger partial charge in [0.2, 0.25) is 0 Å². The van der Waals surface area contributed by atoms with Gasteiger partial charge in [-0.25, -0.2) is 0 Å². The van der Waals surface area contributed by atoms with Crippen molar-refractivity contribution in [3.05, 3.63) is 56.6 Å². The Morgan fingerprint density at radius 2 is 1.85 bits per heavy atom. The molecule has 142 valence electrons. The molecule has 0 radical (unpaired) electrons. The molecular weight excluding hydrogens is 366 g/mol. The molecule has 9 heteroatoms. The second kappa shape index (κ2) is 9.19. The molecule has 0 aliphatic carbocycles. The number of ether oxygens (including phenoxy) is 2. The monoisotopic (exact) mass is 385 g/mol. The molecule has 8 nitrogen and oxygen atoms in total. The van der Waals surface area contributed by atoms with Gasteiger partial charge in [0, 0.05) is 5.02 Å². The molecule has 0 fully saturated rings. The number of halogens is 1. The fourth-order valence-corrected chi connectivity index (χ4v) is 2.74. The highest BCUT2D eigenvalue weighted by Crippen LogP contribution is 2.39. The fraction of sp³-hybridized carbons (Fsp3) is 0.412. The van der Waals surface area contributed by atoms with E-state index in [1.807, 2.05) is 0 Å². The fourth-order valence-electron chi connectivity index (χ4n) is 2.48. The zero-order chi connectivity index (χ0) is 20.0. The average Bonchev–Trinajstić information content (AvgIpc) is 2.53. The summed E-state index contributed by atoms with van der Waals surface area (Å²) in [6.07, 6.45) is -0.578. The van der Waals surface area contributed by atoms with Crippen LogP contribution in [0.1, 0.15) is 32.3 Å². The molecule has 1 aromatic rings. The van der Waals surface area contributed by atoms with E-state index in [1.54, 1.807) is 26.0 Å². The summed E-state index contributed by atoms with van der Waals surface area (Å²) >= 11 is 6.14. The molecule has 1 N–H and O–H groups in total. The van der Waals surface area contributed by atoms with Gasteiger partial charge in [-0.15, -0.1) is 0 Å². The lowest BCUT2D eigenvalue weighted by molar-refractivity contribution is -0.437. The predicted molar refractivity (Wildman–Crippen MR) is 93.3 cm³/mol. The van der Waals surface area contributed by atoms with Crippen LogP contribution >= 0.6 is 11.6 Å². The molecule has 2 unspecified atom stereocenters. The maximum atomic E-state index is 12.2. The molecule has 2 atom stereocenters. The number of nitrogens with zero attached hydrogens (tertiary/aromatic N) is 1. The number of hydrogen-bond donors (Lipinski definition) is 1. The molecule has 0 aliphatic heterocycles. The van der Waals surface area contributed by atoms with Crippen molar-refractivity contribution in [1.29, 1.82) is 0 Å². The van der Waals surface area contributed by atoms with Gasteiger partial charge in [-0.05, 0) is 32.4 Å². The van der Waals surface area contributed by atoms with Crippen molar-refractivity contribution in [3.8, 4) is 0 Å². The maximum absolute atomic E-state index is 12.2. The second-order valence-electron chi connectivity index (χ2n) is 5.72. The SMILES string of the molecule is COC(=O)C(C(C)=O)C(C(=C(O)OC(C)C)[N+](=O)[O-])c1ccccc1Cl. The van der Waals surface area contributed by atoms with Crippen LogP contribution in [-0.4, -0.2) is 35.0 Å². The Bertz CT molecular complexity index is 730. The Balaban J connectivity index is 3.77. The Kier molecular flexibility index (Phi) is 7.57. The molecule has 1 aromatic carbocycles. The van der Waals surface area contributed by atoms with E-state index >= 15 is 0 Å². The topological polar surface area (TPSA) is 116 Å². The van der Waals surface area contributed by atoms with Crippen LogP contribution in [0.15, 0.2) is 35.9 Å². The van der Waals surface area contributed by atoms with Crippen LogP contribution in [0.25, 0.3) is 0 Å². The van der Waals surface area contributed by atoms with Gasteiger partial charge in [-0.1, -0.05) is 29.8 Å². The van der Waals surface area contributed by atoms with E-state index in [9.17, 15) is 24.8 Å². The number of hydrogen-bond acceptors (Lipinski definition) is 7. The standard InChI is InChI=1S/C17H20ClNO7/c1-9(2)26-17(22)15(19(23)24)14(11-7-5-6-8-12(11)18)13(10(3)20)16(21)25-4/h5-9,13-14,22H,1-4H3. The molecule has 26 heavy (non-hydrogen) atoms. The van der Waals surface area contributed by atoms with Gasteiger partial charge in [0.15, 0.2) is 0 Å². The van der Waals surface area contributed by atoms with E-state index in [0.717, 1.165) is 14.0 Å². The number of aliphatic hydroxyl groups excluding tert-OH is 1. The maximum Gasteiger partial charge on any atom is 0.354 e. The number of carbonyl (C=O) groups is 2. The molecular formula is C17H20ClNO7. The zero-order valence-electron chi connectivity index (χ0n) is 14.8. The number of ketones is 1. The Morgan fingerprint density at radius 1 is 1.27 bits per heavy atom. The van der Waals surface area contributed by atoms with Crippen molar-refractivity contribution in [1.82, 2.24) is 0 Å². The minimum absolute atomic E-state index is 0.0874. The number of Topliss-reactive ketones (excluding diaryl/α,β-unsaturated/α-hetero) is 1. The van der Waals surface area contributed by atoms with Crippen molar-refractivity contribution < 1.29 is 29.1 Å². The molecule has 0 saturated carbocycles. The summed E-state index contributed by atoms with van der Waals surface area (Å²) < 4.78 is 9.68. The highest BCUT2D eigenvalue weighted by molar-refractivity contribution is 6.31. The third-order valence-electron chi connectivity index (χ3n) is 3.52. The van der Waals surface area contributed by atoms with Gasteiger partial charge in [0.05, 0.1) is 18.1 Å². The van der Waals surface area contributed by atoms with Crippen LogP contribution in [0, 0.1) is 16.0 Å². The highest BCUT2D eigenvalue weighted by Gasteiger charge is 2.46. The first-order valence-electron chi connectivity index (χ1n) is 7.68. The van der Waals surface area contributed by atoms with E-state index in [1.165, 1.54) is 12.1 Å². The number of esters is 1. The first kappa shape index (κ1) is 21.4. The molecule has 0 amide bonds. The lowest BCUT2D eigenvalue weighted by Gasteiger charge is -2.23. The molecule has 0 saturated heterocycles. The van der Waals surface area contributed by atoms with Crippen LogP contribution in [0.4, 0.5) is 0 Å². The number of rotatable bonds is 8. The predicted octanol–water partition coefficient (Wildman–Crippen LogP) is 3.23. The lowest BCUT2D eigenvalue weighted by Crippen LogP contribution is -2.33. The first-order chi connectivity index (χ1) is 12.1. The second-order valence-corrected chi connectivity index (χ2v) is 6.13. The summed E-state index contributed by atoms with van der Waals surface area (Å²) in [5, 5.41) is 21.9. The van der Waals surface area contributed by atoms with Gasteiger partial charge in [-0.2, -0.15) is 0 Å². The number of carbonyl (C=O) groups excluding carboxylic acids is 2. The average molecular weight is 386 g/mol. The van der Waals surface area contributed by atoms with E-state index in [4.69, 9.17) is 16.3 Å². The minimum Gasteiger partial charge on any atom is -0.476 e. The zero-order valence-corrected chi connectivity index (χ0v) is 15.5. The van der Waals surface area contributed by atoms with E-state index in [2.05, 4.69) is 4.74 Å². The number of aliphatic hydroxyl groups is 1. The molecule has 0 aliphatic rings. The van der Waals surface area contributed by atoms with Crippen molar-refractivity contribution in [3.63, 3.8) is 0 Å². The third-order valence-corrected chi connectivity index (χ3v) is 3.87. The largest absolute Gasteiger partial charge is 0.476 e. The number of nitro groups is 1. The quantitative estimate of drug-likeness (QED) is 0.240. The van der Waals surface area contributed by atoms with Crippen LogP contribution in [0.5, 0.6) is 0 Å². The lowest BCUT2D eigenvalue weighted by atomic mass is 9.81. The van der Waals surface area contributed by atoms with Gasteiger partial charge in [0.1, 0.15) is 17.6 Å². The molecule has 1 rings (SSSR count). The van der Waals surface area contributed by atoms with Crippen molar-refractivity contribution in [2.24, 2.45) is 5.92 Å². The number of allylic oxidation sites excluding steroid dienone is 1. The highest BCUT2D eigenvalue weighted by atomic mass is 35.5. The van der Waals surface area contributed by atoms with Crippen LogP contribution in [0.2, 0.25) is 5.02 Å². The third kappa shape index (κ3) is 4.95. The summed E-state index contributed by atoms with van der Waals surface area (Å²) in [6, 6.07) is 6.01. The number of methoxy groups -OCH3 is 1. The summed E-state index contributed by atoms with van der Waals surface area (Å²) in [4.78, 5) is 35.1. The van der Waals surface area contributed by atoms with Crippen LogP contribution < -0.4 is 0 Å². The Labute approximate surface area is 155 Å². The Hall–Kier alpha value is -2.61. The first-order valence-corrected chi connectivity index (χ1v) is 8.06. The van der Waals surface area contributed by atoms with E-state index in [-0.39, 0.29) is 10.6 Å². The van der Waals surface area contributed by atoms with Gasteiger partial charge in [-0.3, -0.25) is 19.7 Å². The molecule has 0 aromatic heterocycles. The molecule has 0 heterocycles. The molecule has 0 bridgehead atoms. The smallest absolute Gasteiger partial charge is 0.354 e. The summed E-state index contributed by atoms with van der Waals surface area (Å²) in [7, 11) is 1.06. The van der Waals surface area contributed by atoms with Gasteiger partial charge < -0.3 is 14.6 Å². The van der Waals surface area contributed by atoms with Crippen molar-refractivity contribution in [2.45, 2.75) is 32.8 Å². The van der Waals surface area contributed by atoms with Gasteiger partial charge in [0.25, 0.3) is 0 Å². The number of benzene rings is 1. The van der Waals surface area contributed by atoms with Crippen molar-refractivity contribution in [2.75, 3.05) is 7.11 Å². The summed E-state index contributed by atoms with van der Waals surface area (Å²) in [6.45, 7) is 4.21. The van der Waals surface area contributed by atoms with Crippen molar-refractivity contribution >= 4 is 23.4 Å². The van der Waals surface area contributed by atoms with E-state index < -0.39 is 46.3 Å². The van der Waals surface area contributed by atoms with E-state index in [0.29, 0.717) is 0 Å². The minimum atomic E-state index is -1.58. The molecule has 0 spiro atoms. The van der Waals surface area contributed by atoms with Gasteiger partial charge >= 0.3 is 17.6 Å². The summed E-state index contributed by atoms with van der Waals surface area (Å²) in [5.74, 6) is -5.75. The van der Waals surface area contributed by atoms with Crippen LogP contribution in [0.3, 0.4) is 0 Å². The normalized spacial score (nSPS) is 14.2. The Morgan fingerprint density at radius 3 is 2.27 bits per heavy atom. The van der Waals surface area contributed by atoms with Crippen LogP contribution in [-0.2, 0) is 19.1 Å².